The lowest BCUT2D eigenvalue weighted by atomic mass is 9.87. The molecule has 1 saturated carbocycles. The van der Waals surface area contributed by atoms with Gasteiger partial charge in [0.05, 0.1) is 5.25 Å². The summed E-state index contributed by atoms with van der Waals surface area (Å²) in [4.78, 5) is 11.5. The van der Waals surface area contributed by atoms with E-state index >= 15 is 0 Å². The molecule has 17 heavy (non-hydrogen) atoms. The molecule has 0 aromatic carbocycles. The maximum absolute atomic E-state index is 11.5. The van der Waals surface area contributed by atoms with Crippen molar-refractivity contribution in [2.75, 3.05) is 0 Å². The Labute approximate surface area is 103 Å². The molecule has 0 radical (unpaired) electrons. The number of nitrogens with two attached hydrogens (primary N) is 1. The molecule has 1 aliphatic carbocycles. The standard InChI is InChI=1S/C11H22N2O3S/c1-11(2,3)7-8(12)6-10(14)13-17(15,16)9-4-5-9/h8-9H,4-7,12H2,1-3H3,(H,13,14). The van der Waals surface area contributed by atoms with E-state index in [1.807, 2.05) is 20.8 Å². The van der Waals surface area contributed by atoms with Crippen LogP contribution in [0.4, 0.5) is 0 Å². The summed E-state index contributed by atoms with van der Waals surface area (Å²) >= 11 is 0. The van der Waals surface area contributed by atoms with Gasteiger partial charge in [-0.1, -0.05) is 20.8 Å². The van der Waals surface area contributed by atoms with Crippen molar-refractivity contribution in [3.8, 4) is 0 Å². The second-order valence-corrected chi connectivity index (χ2v) is 7.96. The molecule has 1 aliphatic rings. The van der Waals surface area contributed by atoms with Crippen LogP contribution in [0.3, 0.4) is 0 Å². The Morgan fingerprint density at radius 1 is 1.41 bits per heavy atom. The summed E-state index contributed by atoms with van der Waals surface area (Å²) in [5.74, 6) is -0.492. The van der Waals surface area contributed by atoms with Gasteiger partial charge in [-0.2, -0.15) is 0 Å². The Bertz CT molecular complexity index is 380. The lowest BCUT2D eigenvalue weighted by molar-refractivity contribution is -0.119. The van der Waals surface area contributed by atoms with Gasteiger partial charge in [0.1, 0.15) is 0 Å². The van der Waals surface area contributed by atoms with Crippen molar-refractivity contribution in [2.45, 2.75) is 57.7 Å². The van der Waals surface area contributed by atoms with Gasteiger partial charge >= 0.3 is 0 Å². The van der Waals surface area contributed by atoms with Crippen LogP contribution in [0.25, 0.3) is 0 Å². The van der Waals surface area contributed by atoms with E-state index in [-0.39, 0.29) is 23.1 Å². The predicted molar refractivity (Wildman–Crippen MR) is 66.7 cm³/mol. The third kappa shape index (κ3) is 5.50. The van der Waals surface area contributed by atoms with Crippen molar-refractivity contribution in [1.82, 2.24) is 4.72 Å². The minimum atomic E-state index is -3.43. The molecule has 1 unspecified atom stereocenters. The average molecular weight is 262 g/mol. The van der Waals surface area contributed by atoms with Gasteiger partial charge in [-0.05, 0) is 24.7 Å². The zero-order valence-electron chi connectivity index (χ0n) is 10.7. The van der Waals surface area contributed by atoms with Gasteiger partial charge in [-0.15, -0.1) is 0 Å². The molecule has 1 atom stereocenters. The number of carbonyl (C=O) groups is 1. The van der Waals surface area contributed by atoms with Crippen molar-refractivity contribution < 1.29 is 13.2 Å². The van der Waals surface area contributed by atoms with Crippen LogP contribution >= 0.6 is 0 Å². The molecule has 0 bridgehead atoms. The summed E-state index contributed by atoms with van der Waals surface area (Å²) in [6, 6.07) is -0.301. The molecule has 1 amide bonds. The summed E-state index contributed by atoms with van der Waals surface area (Å²) < 4.78 is 25.1. The lowest BCUT2D eigenvalue weighted by Gasteiger charge is -2.22. The van der Waals surface area contributed by atoms with Gasteiger partial charge in [0.2, 0.25) is 15.9 Å². The van der Waals surface area contributed by atoms with Crippen LogP contribution in [0, 0.1) is 5.41 Å². The zero-order chi connectivity index (χ0) is 13.3. The Morgan fingerprint density at radius 2 is 1.94 bits per heavy atom. The van der Waals surface area contributed by atoms with E-state index in [9.17, 15) is 13.2 Å². The number of carbonyl (C=O) groups excluding carboxylic acids is 1. The number of rotatable bonds is 5. The Hall–Kier alpha value is -0.620. The van der Waals surface area contributed by atoms with Gasteiger partial charge < -0.3 is 5.73 Å². The fraction of sp³-hybridized carbons (Fsp3) is 0.909. The SMILES string of the molecule is CC(C)(C)CC(N)CC(=O)NS(=O)(=O)C1CC1. The highest BCUT2D eigenvalue weighted by atomic mass is 32.2. The molecule has 0 aromatic rings. The van der Waals surface area contributed by atoms with Crippen LogP contribution in [0.5, 0.6) is 0 Å². The van der Waals surface area contributed by atoms with Crippen molar-refractivity contribution in [2.24, 2.45) is 11.1 Å². The van der Waals surface area contributed by atoms with Crippen molar-refractivity contribution in [1.29, 1.82) is 0 Å². The molecular weight excluding hydrogens is 240 g/mol. The van der Waals surface area contributed by atoms with E-state index in [0.717, 1.165) is 0 Å². The van der Waals surface area contributed by atoms with E-state index in [4.69, 9.17) is 5.73 Å². The second kappa shape index (κ2) is 4.94. The predicted octanol–water partition coefficient (Wildman–Crippen LogP) is 0.748. The lowest BCUT2D eigenvalue weighted by Crippen LogP contribution is -2.38. The highest BCUT2D eigenvalue weighted by Gasteiger charge is 2.36. The topological polar surface area (TPSA) is 89.3 Å². The molecule has 1 fully saturated rings. The molecule has 6 heteroatoms. The van der Waals surface area contributed by atoms with E-state index < -0.39 is 15.9 Å². The molecular formula is C11H22N2O3S. The first kappa shape index (κ1) is 14.4. The molecule has 0 spiro atoms. The summed E-state index contributed by atoms with van der Waals surface area (Å²) in [5.41, 5.74) is 5.85. The molecule has 0 aromatic heterocycles. The number of sulfonamides is 1. The third-order valence-electron chi connectivity index (χ3n) is 2.54. The zero-order valence-corrected chi connectivity index (χ0v) is 11.5. The Balaban J connectivity index is 2.39. The fourth-order valence-corrected chi connectivity index (χ4v) is 3.08. The maximum Gasteiger partial charge on any atom is 0.237 e. The van der Waals surface area contributed by atoms with Gasteiger partial charge in [-0.3, -0.25) is 9.52 Å². The summed E-state index contributed by atoms with van der Waals surface area (Å²) in [5, 5.41) is -0.370. The second-order valence-electron chi connectivity index (χ2n) is 6.00. The molecule has 1 rings (SSSR count). The van der Waals surface area contributed by atoms with Crippen LogP contribution in [0.2, 0.25) is 0 Å². The number of nitrogens with one attached hydrogen (secondary N) is 1. The van der Waals surface area contributed by atoms with E-state index in [2.05, 4.69) is 4.72 Å². The van der Waals surface area contributed by atoms with Gasteiger partial charge in [0.25, 0.3) is 0 Å². The smallest absolute Gasteiger partial charge is 0.237 e. The molecule has 5 nitrogen and oxygen atoms in total. The monoisotopic (exact) mass is 262 g/mol. The Kier molecular flexibility index (Phi) is 4.19. The minimum absolute atomic E-state index is 0.0368. The first-order valence-electron chi connectivity index (χ1n) is 5.90. The maximum atomic E-state index is 11.5. The highest BCUT2D eigenvalue weighted by molar-refractivity contribution is 7.90. The average Bonchev–Trinajstić information content (AvgIpc) is 2.77. The van der Waals surface area contributed by atoms with Crippen molar-refractivity contribution >= 4 is 15.9 Å². The molecule has 0 saturated heterocycles. The third-order valence-corrected chi connectivity index (χ3v) is 4.40. The van der Waals surface area contributed by atoms with Gasteiger partial charge in [0.15, 0.2) is 0 Å². The molecule has 100 valence electrons. The highest BCUT2D eigenvalue weighted by Crippen LogP contribution is 2.27. The summed E-state index contributed by atoms with van der Waals surface area (Å²) in [7, 11) is -3.43. The van der Waals surface area contributed by atoms with E-state index in [0.29, 0.717) is 19.3 Å². The van der Waals surface area contributed by atoms with Crippen LogP contribution in [-0.4, -0.2) is 25.6 Å². The van der Waals surface area contributed by atoms with Crippen LogP contribution in [0.15, 0.2) is 0 Å². The fourth-order valence-electron chi connectivity index (χ4n) is 1.76. The molecule has 0 heterocycles. The first-order chi connectivity index (χ1) is 7.60. The first-order valence-corrected chi connectivity index (χ1v) is 7.45. The number of amides is 1. The van der Waals surface area contributed by atoms with E-state index in [1.54, 1.807) is 0 Å². The van der Waals surface area contributed by atoms with E-state index in [1.165, 1.54) is 0 Å². The largest absolute Gasteiger partial charge is 0.327 e. The minimum Gasteiger partial charge on any atom is -0.327 e. The molecule has 0 aliphatic heterocycles. The van der Waals surface area contributed by atoms with Crippen LogP contribution in [-0.2, 0) is 14.8 Å². The van der Waals surface area contributed by atoms with Gasteiger partial charge in [0, 0.05) is 12.5 Å². The van der Waals surface area contributed by atoms with Crippen molar-refractivity contribution in [3.63, 3.8) is 0 Å². The summed E-state index contributed by atoms with van der Waals surface area (Å²) in [6.45, 7) is 6.10. The normalized spacial score (nSPS) is 18.8. The summed E-state index contributed by atoms with van der Waals surface area (Å²) in [6.07, 6.45) is 2.04. The molecule has 3 N–H and O–H groups in total. The van der Waals surface area contributed by atoms with Gasteiger partial charge in [-0.25, -0.2) is 8.42 Å². The Morgan fingerprint density at radius 3 is 2.35 bits per heavy atom. The van der Waals surface area contributed by atoms with Crippen molar-refractivity contribution in [3.05, 3.63) is 0 Å². The van der Waals surface area contributed by atoms with Crippen LogP contribution < -0.4 is 10.5 Å². The van der Waals surface area contributed by atoms with Crippen LogP contribution in [0.1, 0.15) is 46.5 Å². The number of hydrogen-bond acceptors (Lipinski definition) is 4. The number of hydrogen-bond donors (Lipinski definition) is 2. The quantitative estimate of drug-likeness (QED) is 0.765.